The number of hydrogen-bond acceptors (Lipinski definition) is 3. The number of thiazole rings is 1. The van der Waals surface area contributed by atoms with Gasteiger partial charge in [0.25, 0.3) is 0 Å². The second-order valence-corrected chi connectivity index (χ2v) is 11.5. The quantitative estimate of drug-likeness (QED) is 0.119. The van der Waals surface area contributed by atoms with Gasteiger partial charge in [-0.3, -0.25) is 4.79 Å². The van der Waals surface area contributed by atoms with E-state index in [9.17, 15) is 9.18 Å². The molecular weight excluding hydrogens is 507 g/mol. The molecule has 212 valence electrons. The van der Waals surface area contributed by atoms with Gasteiger partial charge < -0.3 is 10.1 Å². The fraction of sp³-hybridized carbons (Fsp3) is 0.515. The number of nitrogens with zero attached hydrogens (tertiary/aromatic N) is 1. The van der Waals surface area contributed by atoms with Gasteiger partial charge in [-0.25, -0.2) is 4.39 Å². The lowest BCUT2D eigenvalue weighted by molar-refractivity contribution is -0.689. The van der Waals surface area contributed by atoms with Gasteiger partial charge >= 0.3 is 0 Å². The maximum atomic E-state index is 14.6. The van der Waals surface area contributed by atoms with Gasteiger partial charge in [-0.2, -0.15) is 4.57 Å². The first-order chi connectivity index (χ1) is 19.1. The molecule has 0 aliphatic rings. The Morgan fingerprint density at radius 2 is 1.59 bits per heavy atom. The summed E-state index contributed by atoms with van der Waals surface area (Å²) in [5.41, 5.74) is 2.44. The van der Waals surface area contributed by atoms with Gasteiger partial charge in [-0.15, -0.1) is 0 Å². The summed E-state index contributed by atoms with van der Waals surface area (Å²) in [6.45, 7) is 5.54. The Hall–Kier alpha value is -2.73. The number of hydrogen-bond donors (Lipinski definition) is 1. The van der Waals surface area contributed by atoms with Crippen molar-refractivity contribution < 1.29 is 18.5 Å². The van der Waals surface area contributed by atoms with Crippen LogP contribution in [0.4, 0.5) is 10.1 Å². The number of ether oxygens (including phenoxy) is 1. The molecule has 39 heavy (non-hydrogen) atoms. The van der Waals surface area contributed by atoms with Crippen LogP contribution < -0.4 is 14.6 Å². The van der Waals surface area contributed by atoms with Crippen molar-refractivity contribution in [3.05, 3.63) is 76.0 Å². The summed E-state index contributed by atoms with van der Waals surface area (Å²) in [5, 5.41) is 6.26. The van der Waals surface area contributed by atoms with Crippen LogP contribution in [0.25, 0.3) is 0 Å². The highest BCUT2D eigenvalue weighted by molar-refractivity contribution is 7.09. The standard InChI is InChI=1S/C33H45FN2O2S/c1-3-4-5-6-7-8-9-10-11-12-13-16-22-38-32-20-19-28(24-30(32)34)25-33(37)35-31-18-15-14-17-29(31)26-36-21-23-39-27(36)2/h14-15,17-21,23-24H,3-13,16,22,25-26H2,1-2H3/p+1. The number of nitrogens with one attached hydrogen (secondary N) is 1. The highest BCUT2D eigenvalue weighted by Gasteiger charge is 2.14. The van der Waals surface area contributed by atoms with Crippen LogP contribution in [0.5, 0.6) is 5.75 Å². The summed E-state index contributed by atoms with van der Waals surface area (Å²) < 4.78 is 22.5. The Balaban J connectivity index is 1.33. The van der Waals surface area contributed by atoms with Gasteiger partial charge in [0.1, 0.15) is 0 Å². The first-order valence-electron chi connectivity index (χ1n) is 14.8. The van der Waals surface area contributed by atoms with Crippen molar-refractivity contribution in [2.45, 2.75) is 104 Å². The topological polar surface area (TPSA) is 42.2 Å². The summed E-state index contributed by atoms with van der Waals surface area (Å²) in [6, 6.07) is 12.6. The number of rotatable bonds is 19. The molecule has 1 heterocycles. The van der Waals surface area contributed by atoms with Crippen molar-refractivity contribution in [1.82, 2.24) is 0 Å². The van der Waals surface area contributed by atoms with E-state index < -0.39 is 5.82 Å². The molecule has 1 aromatic heterocycles. The molecule has 3 rings (SSSR count). The predicted octanol–water partition coefficient (Wildman–Crippen LogP) is 8.79. The van der Waals surface area contributed by atoms with Crippen LogP contribution >= 0.6 is 11.3 Å². The van der Waals surface area contributed by atoms with Crippen LogP contribution in [0.1, 0.15) is 100 Å². The predicted molar refractivity (Wildman–Crippen MR) is 160 cm³/mol. The Labute approximate surface area is 238 Å². The van der Waals surface area contributed by atoms with Gasteiger partial charge in [0, 0.05) is 12.5 Å². The maximum absolute atomic E-state index is 14.6. The van der Waals surface area contributed by atoms with Crippen LogP contribution in [0.15, 0.2) is 54.0 Å². The molecule has 0 unspecified atom stereocenters. The van der Waals surface area contributed by atoms with Crippen LogP contribution in [-0.4, -0.2) is 12.5 Å². The highest BCUT2D eigenvalue weighted by Crippen LogP contribution is 2.21. The fourth-order valence-corrected chi connectivity index (χ4v) is 5.44. The number of carbonyl (C=O) groups excluding carboxylic acids is 1. The van der Waals surface area contributed by atoms with E-state index in [2.05, 4.69) is 29.1 Å². The minimum absolute atomic E-state index is 0.106. The summed E-state index contributed by atoms with van der Waals surface area (Å²) in [7, 11) is 0. The minimum Gasteiger partial charge on any atom is -0.491 e. The molecule has 3 aromatic rings. The number of aryl methyl sites for hydroxylation is 1. The second kappa shape index (κ2) is 17.8. The summed E-state index contributed by atoms with van der Waals surface area (Å²) in [4.78, 5) is 12.7. The van der Waals surface area contributed by atoms with E-state index in [0.29, 0.717) is 18.7 Å². The molecule has 1 amide bonds. The van der Waals surface area contributed by atoms with Crippen molar-refractivity contribution in [2.24, 2.45) is 0 Å². The summed E-state index contributed by atoms with van der Waals surface area (Å²) in [6.07, 6.45) is 17.6. The van der Waals surface area contributed by atoms with Gasteiger partial charge in [0.15, 0.2) is 24.3 Å². The van der Waals surface area contributed by atoms with Gasteiger partial charge in [0.2, 0.25) is 10.9 Å². The molecular formula is C33H46FN2O2S+. The molecule has 6 heteroatoms. The number of halogens is 1. The monoisotopic (exact) mass is 553 g/mol. The van der Waals surface area contributed by atoms with Crippen molar-refractivity contribution in [2.75, 3.05) is 11.9 Å². The Bertz CT molecular complexity index is 1130. The normalized spacial score (nSPS) is 11.1. The number of para-hydroxylation sites is 1. The van der Waals surface area contributed by atoms with E-state index in [0.717, 1.165) is 24.1 Å². The molecule has 0 aliphatic heterocycles. The van der Waals surface area contributed by atoms with E-state index >= 15 is 0 Å². The van der Waals surface area contributed by atoms with Gasteiger partial charge in [-0.05, 0) is 30.2 Å². The van der Waals surface area contributed by atoms with Crippen LogP contribution in [-0.2, 0) is 17.8 Å². The van der Waals surface area contributed by atoms with Crippen molar-refractivity contribution in [3.63, 3.8) is 0 Å². The average molecular weight is 554 g/mol. The molecule has 0 saturated heterocycles. The van der Waals surface area contributed by atoms with Crippen molar-refractivity contribution in [1.29, 1.82) is 0 Å². The SMILES string of the molecule is CCCCCCCCCCCCCCOc1ccc(CC(=O)Nc2ccccc2C[n+]2ccsc2C)cc1F. The van der Waals surface area contributed by atoms with Crippen LogP contribution in [0, 0.1) is 12.7 Å². The zero-order chi connectivity index (χ0) is 27.7. The lowest BCUT2D eigenvalue weighted by Gasteiger charge is -2.11. The van der Waals surface area contributed by atoms with Crippen molar-refractivity contribution in [3.8, 4) is 5.75 Å². The van der Waals surface area contributed by atoms with E-state index in [1.165, 1.54) is 75.3 Å². The lowest BCUT2D eigenvalue weighted by atomic mass is 10.1. The molecule has 0 radical (unpaired) electrons. The molecule has 0 atom stereocenters. The Kier molecular flexibility index (Phi) is 14.0. The Morgan fingerprint density at radius 1 is 0.923 bits per heavy atom. The number of anilines is 1. The number of carbonyl (C=O) groups is 1. The second-order valence-electron chi connectivity index (χ2n) is 10.4. The van der Waals surface area contributed by atoms with E-state index in [1.54, 1.807) is 23.5 Å². The van der Waals surface area contributed by atoms with E-state index in [-0.39, 0.29) is 18.1 Å². The largest absolute Gasteiger partial charge is 0.491 e. The van der Waals surface area contributed by atoms with Crippen LogP contribution in [0.3, 0.4) is 0 Å². The van der Waals surface area contributed by atoms with E-state index in [4.69, 9.17) is 4.74 Å². The Morgan fingerprint density at radius 3 is 2.23 bits per heavy atom. The summed E-state index contributed by atoms with van der Waals surface area (Å²) >= 11 is 1.69. The van der Waals surface area contributed by atoms with Gasteiger partial charge in [-0.1, -0.05) is 113 Å². The molecule has 0 bridgehead atoms. The molecule has 2 aromatic carbocycles. The third-order valence-corrected chi connectivity index (χ3v) is 7.97. The molecule has 0 aliphatic carbocycles. The minimum atomic E-state index is -0.413. The summed E-state index contributed by atoms with van der Waals surface area (Å²) in [5.74, 6) is -0.321. The van der Waals surface area contributed by atoms with E-state index in [1.807, 2.05) is 30.5 Å². The fourth-order valence-electron chi connectivity index (χ4n) is 4.78. The zero-order valence-corrected chi connectivity index (χ0v) is 24.7. The molecule has 0 fully saturated rings. The molecule has 0 saturated carbocycles. The molecule has 4 nitrogen and oxygen atoms in total. The zero-order valence-electron chi connectivity index (χ0n) is 23.9. The third-order valence-electron chi connectivity index (χ3n) is 7.13. The number of unbranched alkanes of at least 4 members (excludes halogenated alkanes) is 11. The average Bonchev–Trinajstić information content (AvgIpc) is 3.33. The van der Waals surface area contributed by atoms with Crippen LogP contribution in [0.2, 0.25) is 0 Å². The number of amides is 1. The van der Waals surface area contributed by atoms with Crippen molar-refractivity contribution >= 4 is 22.9 Å². The molecule has 0 spiro atoms. The smallest absolute Gasteiger partial charge is 0.234 e. The first-order valence-corrected chi connectivity index (χ1v) is 15.7. The highest BCUT2D eigenvalue weighted by atomic mass is 32.1. The maximum Gasteiger partial charge on any atom is 0.234 e. The molecule has 1 N–H and O–H groups in total. The third kappa shape index (κ3) is 11.5. The van der Waals surface area contributed by atoms with Gasteiger partial charge in [0.05, 0.1) is 24.1 Å². The number of benzene rings is 2. The number of aromatic nitrogens is 1. The lowest BCUT2D eigenvalue weighted by Crippen LogP contribution is -2.34. The first kappa shape index (κ1) is 30.8.